The first kappa shape index (κ1) is 11.6. The number of nitrogens with one attached hydrogen (secondary N) is 1. The molecule has 0 spiro atoms. The average Bonchev–Trinajstić information content (AvgIpc) is 2.60. The van der Waals surface area contributed by atoms with Gasteiger partial charge in [-0.1, -0.05) is 0 Å². The number of nitrogens with zero attached hydrogens (tertiary/aromatic N) is 2. The molecule has 0 radical (unpaired) electrons. The maximum absolute atomic E-state index is 11.6. The van der Waals surface area contributed by atoms with Crippen LogP contribution in [0.4, 0.5) is 0 Å². The summed E-state index contributed by atoms with van der Waals surface area (Å²) in [5, 5.41) is 2.55. The smallest absolute Gasteiger partial charge is 0.328 e. The Morgan fingerprint density at radius 1 is 1.40 bits per heavy atom. The van der Waals surface area contributed by atoms with Crippen LogP contribution in [-0.2, 0) is 17.9 Å². The van der Waals surface area contributed by atoms with Gasteiger partial charge in [-0.2, -0.15) is 0 Å². The van der Waals surface area contributed by atoms with Gasteiger partial charge in [0, 0.05) is 39.0 Å². The van der Waals surface area contributed by atoms with Crippen LogP contribution in [0.15, 0.2) is 17.2 Å². The Balaban J connectivity index is 2.48. The third kappa shape index (κ3) is 2.97. The molecule has 84 valence electrons. The van der Waals surface area contributed by atoms with Crippen LogP contribution in [0, 0.1) is 0 Å². The molecular formula is C10H17N3O2. The van der Waals surface area contributed by atoms with E-state index in [4.69, 9.17) is 0 Å². The summed E-state index contributed by atoms with van der Waals surface area (Å²) in [5.74, 6) is 0.0120. The van der Waals surface area contributed by atoms with E-state index in [-0.39, 0.29) is 11.6 Å². The van der Waals surface area contributed by atoms with Crippen LogP contribution < -0.4 is 11.0 Å². The molecule has 0 bridgehead atoms. The summed E-state index contributed by atoms with van der Waals surface area (Å²) < 4.78 is 3.27. The van der Waals surface area contributed by atoms with Gasteiger partial charge in [0.25, 0.3) is 0 Å². The van der Waals surface area contributed by atoms with E-state index in [1.165, 1.54) is 0 Å². The van der Waals surface area contributed by atoms with Gasteiger partial charge in [0.1, 0.15) is 0 Å². The zero-order valence-electron chi connectivity index (χ0n) is 9.19. The van der Waals surface area contributed by atoms with Crippen molar-refractivity contribution in [2.75, 3.05) is 7.05 Å². The predicted molar refractivity (Wildman–Crippen MR) is 57.7 cm³/mol. The normalized spacial score (nSPS) is 10.3. The Bertz CT molecular complexity index is 378. The first-order valence-electron chi connectivity index (χ1n) is 5.15. The molecule has 0 atom stereocenters. The molecule has 0 saturated heterocycles. The first-order valence-corrected chi connectivity index (χ1v) is 5.15. The number of amides is 1. The summed E-state index contributed by atoms with van der Waals surface area (Å²) in [4.78, 5) is 22.5. The number of carbonyl (C=O) groups is 1. The van der Waals surface area contributed by atoms with Crippen molar-refractivity contribution in [1.29, 1.82) is 0 Å². The van der Waals surface area contributed by atoms with Gasteiger partial charge < -0.3 is 5.32 Å². The maximum atomic E-state index is 11.6. The van der Waals surface area contributed by atoms with Crippen LogP contribution in [0.5, 0.6) is 0 Å². The zero-order chi connectivity index (χ0) is 11.3. The number of hydrogen-bond acceptors (Lipinski definition) is 2. The lowest BCUT2D eigenvalue weighted by Crippen LogP contribution is -2.24. The monoisotopic (exact) mass is 211 g/mol. The van der Waals surface area contributed by atoms with Gasteiger partial charge in [-0.05, 0) is 13.3 Å². The predicted octanol–water partition coefficient (Wildman–Crippen LogP) is 0.196. The molecule has 0 aliphatic carbocycles. The number of aryl methyl sites for hydroxylation is 2. The molecule has 5 nitrogen and oxygen atoms in total. The molecule has 0 unspecified atom stereocenters. The molecule has 1 amide bonds. The highest BCUT2D eigenvalue weighted by atomic mass is 16.2. The van der Waals surface area contributed by atoms with E-state index >= 15 is 0 Å². The van der Waals surface area contributed by atoms with E-state index < -0.39 is 0 Å². The number of carbonyl (C=O) groups excluding carboxylic acids is 1. The first-order chi connectivity index (χ1) is 7.19. The minimum atomic E-state index is -0.00518. The van der Waals surface area contributed by atoms with Crippen LogP contribution >= 0.6 is 0 Å². The molecule has 0 fully saturated rings. The third-order valence-corrected chi connectivity index (χ3v) is 2.34. The Morgan fingerprint density at radius 2 is 2.07 bits per heavy atom. The Morgan fingerprint density at radius 3 is 2.60 bits per heavy atom. The lowest BCUT2D eigenvalue weighted by molar-refractivity contribution is -0.120. The molecular weight excluding hydrogens is 194 g/mol. The van der Waals surface area contributed by atoms with Crippen LogP contribution in [-0.4, -0.2) is 22.1 Å². The van der Waals surface area contributed by atoms with Gasteiger partial charge in [-0.25, -0.2) is 4.79 Å². The van der Waals surface area contributed by atoms with E-state index in [1.807, 2.05) is 6.92 Å². The summed E-state index contributed by atoms with van der Waals surface area (Å²) in [5.41, 5.74) is -0.00518. The fraction of sp³-hybridized carbons (Fsp3) is 0.600. The number of aromatic nitrogens is 2. The highest BCUT2D eigenvalue weighted by Crippen LogP contribution is 1.93. The Labute approximate surface area is 88.7 Å². The van der Waals surface area contributed by atoms with Crippen molar-refractivity contribution in [1.82, 2.24) is 14.5 Å². The molecule has 0 aliphatic rings. The van der Waals surface area contributed by atoms with Crippen molar-refractivity contribution in [3.63, 3.8) is 0 Å². The standard InChI is InChI=1S/C10H17N3O2/c1-3-12-7-8-13(10(12)15)6-4-5-9(14)11-2/h7-8H,3-6H2,1-2H3,(H,11,14). The summed E-state index contributed by atoms with van der Waals surface area (Å²) in [7, 11) is 1.61. The Hall–Kier alpha value is -1.52. The third-order valence-electron chi connectivity index (χ3n) is 2.34. The molecule has 0 saturated carbocycles. The molecule has 1 N–H and O–H groups in total. The molecule has 1 aromatic rings. The fourth-order valence-electron chi connectivity index (χ4n) is 1.40. The topological polar surface area (TPSA) is 56.0 Å². The molecule has 1 aromatic heterocycles. The SMILES string of the molecule is CCn1ccn(CCCC(=O)NC)c1=O. The highest BCUT2D eigenvalue weighted by molar-refractivity contribution is 5.75. The molecule has 1 heterocycles. The average molecular weight is 211 g/mol. The van der Waals surface area contributed by atoms with Gasteiger partial charge >= 0.3 is 5.69 Å². The second-order valence-corrected chi connectivity index (χ2v) is 3.34. The van der Waals surface area contributed by atoms with Gasteiger partial charge in [-0.15, -0.1) is 0 Å². The summed E-state index contributed by atoms with van der Waals surface area (Å²) in [6.07, 6.45) is 4.67. The van der Waals surface area contributed by atoms with Crippen LogP contribution in [0.1, 0.15) is 19.8 Å². The molecule has 15 heavy (non-hydrogen) atoms. The molecule has 0 aromatic carbocycles. The van der Waals surface area contributed by atoms with E-state index in [0.717, 1.165) is 0 Å². The zero-order valence-corrected chi connectivity index (χ0v) is 9.19. The van der Waals surface area contributed by atoms with Gasteiger partial charge in [0.2, 0.25) is 5.91 Å². The largest absolute Gasteiger partial charge is 0.359 e. The minimum Gasteiger partial charge on any atom is -0.359 e. The Kier molecular flexibility index (Phi) is 4.15. The van der Waals surface area contributed by atoms with Crippen molar-refractivity contribution in [3.05, 3.63) is 22.9 Å². The highest BCUT2D eigenvalue weighted by Gasteiger charge is 2.02. The second-order valence-electron chi connectivity index (χ2n) is 3.34. The van der Waals surface area contributed by atoms with Gasteiger partial charge in [0.15, 0.2) is 0 Å². The van der Waals surface area contributed by atoms with E-state index in [9.17, 15) is 9.59 Å². The van der Waals surface area contributed by atoms with Crippen molar-refractivity contribution in [3.8, 4) is 0 Å². The van der Waals surface area contributed by atoms with Gasteiger partial charge in [-0.3, -0.25) is 13.9 Å². The van der Waals surface area contributed by atoms with Crippen molar-refractivity contribution >= 4 is 5.91 Å². The molecule has 0 aliphatic heterocycles. The van der Waals surface area contributed by atoms with E-state index in [0.29, 0.717) is 25.9 Å². The lowest BCUT2D eigenvalue weighted by atomic mass is 10.3. The second kappa shape index (κ2) is 5.38. The molecule has 5 heteroatoms. The van der Waals surface area contributed by atoms with Crippen LogP contribution in [0.2, 0.25) is 0 Å². The molecule has 1 rings (SSSR count). The van der Waals surface area contributed by atoms with Crippen LogP contribution in [0.3, 0.4) is 0 Å². The van der Waals surface area contributed by atoms with Crippen molar-refractivity contribution < 1.29 is 4.79 Å². The summed E-state index contributed by atoms with van der Waals surface area (Å²) in [6, 6.07) is 0. The van der Waals surface area contributed by atoms with E-state index in [1.54, 1.807) is 28.6 Å². The van der Waals surface area contributed by atoms with Gasteiger partial charge in [0.05, 0.1) is 0 Å². The lowest BCUT2D eigenvalue weighted by Gasteiger charge is -2.01. The number of imidazole rings is 1. The number of rotatable bonds is 5. The quantitative estimate of drug-likeness (QED) is 0.756. The number of hydrogen-bond donors (Lipinski definition) is 1. The maximum Gasteiger partial charge on any atom is 0.328 e. The van der Waals surface area contributed by atoms with Crippen LogP contribution in [0.25, 0.3) is 0 Å². The fourth-order valence-corrected chi connectivity index (χ4v) is 1.40. The van der Waals surface area contributed by atoms with E-state index in [2.05, 4.69) is 5.32 Å². The minimum absolute atomic E-state index is 0.00518. The summed E-state index contributed by atoms with van der Waals surface area (Å²) in [6.45, 7) is 3.21. The van der Waals surface area contributed by atoms with Crippen molar-refractivity contribution in [2.45, 2.75) is 32.9 Å². The van der Waals surface area contributed by atoms with Crippen molar-refractivity contribution in [2.24, 2.45) is 0 Å². The summed E-state index contributed by atoms with van der Waals surface area (Å²) >= 11 is 0.